The first-order chi connectivity index (χ1) is 8.70. The third kappa shape index (κ3) is 1.82. The molecule has 4 heteroatoms. The van der Waals surface area contributed by atoms with Crippen molar-refractivity contribution >= 4 is 11.6 Å². The lowest BCUT2D eigenvalue weighted by molar-refractivity contribution is -0.123. The van der Waals surface area contributed by atoms with Crippen LogP contribution in [0.3, 0.4) is 0 Å². The lowest BCUT2D eigenvalue weighted by Crippen LogP contribution is -2.14. The molecule has 2 aliphatic carbocycles. The third-order valence-corrected chi connectivity index (χ3v) is 3.78. The van der Waals surface area contributed by atoms with Crippen molar-refractivity contribution in [2.75, 3.05) is 0 Å². The molecule has 18 heavy (non-hydrogen) atoms. The van der Waals surface area contributed by atoms with Crippen LogP contribution in [0.2, 0.25) is 0 Å². The highest BCUT2D eigenvalue weighted by molar-refractivity contribution is 6.13. The van der Waals surface area contributed by atoms with Gasteiger partial charge in [-0.3, -0.25) is 9.59 Å². The Morgan fingerprint density at radius 2 is 1.72 bits per heavy atom. The number of rotatable bonds is 3. The standard InChI is InChI=1S/C14H15NO3/c15-18-9-3-4-10(8-1-2-8)11(7-9)14-12(16)5-6-13(14)17/h3-4,7-8,14H,1-2,5-6,15H2. The number of benzene rings is 1. The molecule has 0 unspecified atom stereocenters. The molecule has 2 N–H and O–H groups in total. The molecule has 0 aliphatic heterocycles. The normalized spacial score (nSPS) is 20.5. The van der Waals surface area contributed by atoms with Gasteiger partial charge in [0.1, 0.15) is 23.2 Å². The Morgan fingerprint density at radius 3 is 2.28 bits per heavy atom. The zero-order chi connectivity index (χ0) is 12.7. The Balaban J connectivity index is 2.07. The summed E-state index contributed by atoms with van der Waals surface area (Å²) in [6, 6.07) is 5.48. The Hall–Kier alpha value is -1.68. The highest BCUT2D eigenvalue weighted by atomic mass is 16.6. The van der Waals surface area contributed by atoms with Gasteiger partial charge in [0.05, 0.1) is 0 Å². The maximum absolute atomic E-state index is 11.9. The fourth-order valence-corrected chi connectivity index (χ4v) is 2.70. The summed E-state index contributed by atoms with van der Waals surface area (Å²) in [4.78, 5) is 28.5. The molecule has 0 heterocycles. The number of carbonyl (C=O) groups is 2. The van der Waals surface area contributed by atoms with Gasteiger partial charge in [-0.05, 0) is 42.0 Å². The van der Waals surface area contributed by atoms with Gasteiger partial charge in [0.15, 0.2) is 0 Å². The van der Waals surface area contributed by atoms with Gasteiger partial charge in [-0.25, -0.2) is 0 Å². The predicted octanol–water partition coefficient (Wildman–Crippen LogP) is 1.83. The molecule has 2 fully saturated rings. The summed E-state index contributed by atoms with van der Waals surface area (Å²) in [6.45, 7) is 0. The second-order valence-electron chi connectivity index (χ2n) is 5.05. The molecule has 0 amide bonds. The first-order valence-electron chi connectivity index (χ1n) is 6.26. The first-order valence-corrected chi connectivity index (χ1v) is 6.26. The van der Waals surface area contributed by atoms with Crippen LogP contribution in [-0.4, -0.2) is 11.6 Å². The van der Waals surface area contributed by atoms with Gasteiger partial charge in [-0.1, -0.05) is 6.07 Å². The van der Waals surface area contributed by atoms with Gasteiger partial charge in [-0.2, -0.15) is 5.90 Å². The quantitative estimate of drug-likeness (QED) is 0.651. The van der Waals surface area contributed by atoms with Gasteiger partial charge >= 0.3 is 0 Å². The van der Waals surface area contributed by atoms with Crippen LogP contribution in [0.25, 0.3) is 0 Å². The van der Waals surface area contributed by atoms with Gasteiger partial charge in [0.2, 0.25) is 0 Å². The van der Waals surface area contributed by atoms with Gasteiger partial charge in [0.25, 0.3) is 0 Å². The van der Waals surface area contributed by atoms with Crippen LogP contribution in [0.5, 0.6) is 5.75 Å². The van der Waals surface area contributed by atoms with Gasteiger partial charge in [0, 0.05) is 12.8 Å². The Morgan fingerprint density at radius 1 is 1.06 bits per heavy atom. The molecular weight excluding hydrogens is 230 g/mol. The maximum Gasteiger partial charge on any atom is 0.148 e. The summed E-state index contributed by atoms with van der Waals surface area (Å²) in [7, 11) is 0. The van der Waals surface area contributed by atoms with E-state index < -0.39 is 5.92 Å². The molecule has 0 bridgehead atoms. The second-order valence-corrected chi connectivity index (χ2v) is 5.05. The molecular formula is C14H15NO3. The molecule has 0 atom stereocenters. The zero-order valence-corrected chi connectivity index (χ0v) is 10.0. The summed E-state index contributed by atoms with van der Waals surface area (Å²) in [6.07, 6.45) is 2.98. The van der Waals surface area contributed by atoms with E-state index in [2.05, 4.69) is 0 Å². The van der Waals surface area contributed by atoms with E-state index in [1.54, 1.807) is 12.1 Å². The van der Waals surface area contributed by atoms with Crippen LogP contribution in [0, 0.1) is 0 Å². The highest BCUT2D eigenvalue weighted by Crippen LogP contribution is 2.45. The lowest BCUT2D eigenvalue weighted by atomic mass is 9.89. The molecule has 2 saturated carbocycles. The molecule has 0 saturated heterocycles. The van der Waals surface area contributed by atoms with Crippen molar-refractivity contribution in [2.45, 2.75) is 37.5 Å². The summed E-state index contributed by atoms with van der Waals surface area (Å²) in [5.74, 6) is 5.61. The van der Waals surface area contributed by atoms with Gasteiger partial charge < -0.3 is 4.84 Å². The molecule has 94 valence electrons. The molecule has 0 aromatic heterocycles. The highest BCUT2D eigenvalue weighted by Gasteiger charge is 2.38. The predicted molar refractivity (Wildman–Crippen MR) is 65.2 cm³/mol. The number of ketones is 2. The number of hydrogen-bond acceptors (Lipinski definition) is 4. The van der Waals surface area contributed by atoms with Crippen LogP contribution < -0.4 is 10.7 Å². The van der Waals surface area contributed by atoms with Crippen molar-refractivity contribution in [3.05, 3.63) is 29.3 Å². The van der Waals surface area contributed by atoms with Crippen molar-refractivity contribution in [1.82, 2.24) is 0 Å². The van der Waals surface area contributed by atoms with E-state index in [1.807, 2.05) is 6.07 Å². The Kier molecular flexibility index (Phi) is 2.67. The molecule has 0 spiro atoms. The Labute approximate surface area is 105 Å². The monoisotopic (exact) mass is 245 g/mol. The van der Waals surface area contributed by atoms with Crippen LogP contribution in [0.1, 0.15) is 48.6 Å². The van der Waals surface area contributed by atoms with Gasteiger partial charge in [-0.15, -0.1) is 0 Å². The van der Waals surface area contributed by atoms with E-state index in [0.717, 1.165) is 24.0 Å². The van der Waals surface area contributed by atoms with E-state index >= 15 is 0 Å². The number of hydrogen-bond donors (Lipinski definition) is 1. The minimum atomic E-state index is -0.587. The SMILES string of the molecule is NOc1ccc(C2CC2)c(C2C(=O)CCC2=O)c1. The van der Waals surface area contributed by atoms with Crippen LogP contribution in [-0.2, 0) is 9.59 Å². The van der Waals surface area contributed by atoms with E-state index in [4.69, 9.17) is 10.7 Å². The minimum Gasteiger partial charge on any atom is -0.412 e. The zero-order valence-electron chi connectivity index (χ0n) is 10.0. The molecule has 3 rings (SSSR count). The average molecular weight is 245 g/mol. The smallest absolute Gasteiger partial charge is 0.148 e. The fraction of sp³-hybridized carbons (Fsp3) is 0.429. The van der Waals surface area contributed by atoms with Crippen molar-refractivity contribution in [3.8, 4) is 5.75 Å². The van der Waals surface area contributed by atoms with Crippen LogP contribution in [0.4, 0.5) is 0 Å². The molecule has 2 aliphatic rings. The van der Waals surface area contributed by atoms with E-state index in [9.17, 15) is 9.59 Å². The molecule has 4 nitrogen and oxygen atoms in total. The number of Topliss-reactive ketones (excluding diaryl/α,β-unsaturated/α-hetero) is 2. The topological polar surface area (TPSA) is 69.4 Å². The van der Waals surface area contributed by atoms with Crippen LogP contribution in [0.15, 0.2) is 18.2 Å². The van der Waals surface area contributed by atoms with Crippen LogP contribution >= 0.6 is 0 Å². The number of carbonyl (C=O) groups excluding carboxylic acids is 2. The van der Waals surface area contributed by atoms with Crippen molar-refractivity contribution < 1.29 is 14.4 Å². The molecule has 1 aromatic rings. The summed E-state index contributed by atoms with van der Waals surface area (Å²) < 4.78 is 0. The van der Waals surface area contributed by atoms with Crippen molar-refractivity contribution in [2.24, 2.45) is 5.90 Å². The summed E-state index contributed by atoms with van der Waals surface area (Å²) in [5, 5.41) is 0. The minimum absolute atomic E-state index is 0.0241. The largest absolute Gasteiger partial charge is 0.412 e. The molecule has 0 radical (unpaired) electrons. The number of nitrogens with two attached hydrogens (primary N) is 1. The maximum atomic E-state index is 11.9. The Bertz CT molecular complexity index is 504. The lowest BCUT2D eigenvalue weighted by Gasteiger charge is -2.14. The summed E-state index contributed by atoms with van der Waals surface area (Å²) >= 11 is 0. The van der Waals surface area contributed by atoms with E-state index in [0.29, 0.717) is 24.5 Å². The fourth-order valence-electron chi connectivity index (χ4n) is 2.70. The van der Waals surface area contributed by atoms with Crippen molar-refractivity contribution in [1.29, 1.82) is 0 Å². The second kappa shape index (κ2) is 4.21. The van der Waals surface area contributed by atoms with E-state index in [-0.39, 0.29) is 11.6 Å². The van der Waals surface area contributed by atoms with E-state index in [1.165, 1.54) is 0 Å². The summed E-state index contributed by atoms with van der Waals surface area (Å²) in [5.41, 5.74) is 1.93. The average Bonchev–Trinajstić information content (AvgIpc) is 3.16. The third-order valence-electron chi connectivity index (χ3n) is 3.78. The first kappa shape index (κ1) is 11.4. The van der Waals surface area contributed by atoms with Crippen molar-refractivity contribution in [3.63, 3.8) is 0 Å². The molecule has 1 aromatic carbocycles.